The van der Waals surface area contributed by atoms with Gasteiger partial charge in [-0.05, 0) is 66.9 Å². The molecule has 0 atom stereocenters. The summed E-state index contributed by atoms with van der Waals surface area (Å²) in [4.78, 5) is 28.3. The second-order valence-electron chi connectivity index (χ2n) is 7.85. The summed E-state index contributed by atoms with van der Waals surface area (Å²) < 4.78 is 0. The Morgan fingerprint density at radius 2 is 1.53 bits per heavy atom. The van der Waals surface area contributed by atoms with Crippen LogP contribution in [0, 0.1) is 0 Å². The Morgan fingerprint density at radius 3 is 2.19 bits per heavy atom. The van der Waals surface area contributed by atoms with E-state index in [0.29, 0.717) is 24.2 Å². The van der Waals surface area contributed by atoms with Crippen LogP contribution in [0.3, 0.4) is 0 Å². The van der Waals surface area contributed by atoms with Gasteiger partial charge in [-0.2, -0.15) is 0 Å². The zero-order valence-corrected chi connectivity index (χ0v) is 19.2. The quantitative estimate of drug-likeness (QED) is 0.478. The largest absolute Gasteiger partial charge is 0.349 e. The van der Waals surface area contributed by atoms with E-state index in [1.807, 2.05) is 83.8 Å². The summed E-state index contributed by atoms with van der Waals surface area (Å²) in [5.74, 6) is 0.833. The molecule has 4 nitrogen and oxygen atoms in total. The highest BCUT2D eigenvalue weighted by Gasteiger charge is 2.24. The molecule has 1 fully saturated rings. The first-order valence-electron chi connectivity index (χ1n) is 10.7. The van der Waals surface area contributed by atoms with E-state index >= 15 is 0 Å². The van der Waals surface area contributed by atoms with Crippen LogP contribution in [-0.4, -0.2) is 35.8 Å². The number of nitrogens with one attached hydrogen (secondary N) is 1. The van der Waals surface area contributed by atoms with Crippen molar-refractivity contribution in [2.45, 2.75) is 29.5 Å². The van der Waals surface area contributed by atoms with Crippen molar-refractivity contribution in [3.05, 3.63) is 101 Å². The van der Waals surface area contributed by atoms with Crippen LogP contribution in [0.15, 0.2) is 83.8 Å². The van der Waals surface area contributed by atoms with Gasteiger partial charge in [0.2, 0.25) is 0 Å². The van der Waals surface area contributed by atoms with Crippen LogP contribution in [0.1, 0.15) is 39.1 Å². The maximum Gasteiger partial charge on any atom is 0.253 e. The SMILES string of the molecule is O=C(NC1CCN(C(=O)c2ccc(CSc3ccc(Cl)cc3)cc2)CC1)c1ccccc1. The number of amides is 2. The standard InChI is InChI=1S/C26H25ClN2O2S/c27-22-10-12-24(13-11-22)32-18-19-6-8-21(9-7-19)26(31)29-16-14-23(15-17-29)28-25(30)20-4-2-1-3-5-20/h1-13,23H,14-18H2,(H,28,30). The van der Waals surface area contributed by atoms with Gasteiger partial charge in [0.25, 0.3) is 11.8 Å². The fraction of sp³-hybridized carbons (Fsp3) is 0.231. The summed E-state index contributed by atoms with van der Waals surface area (Å²) >= 11 is 7.67. The molecule has 1 aliphatic rings. The van der Waals surface area contributed by atoms with Crippen LogP contribution in [0.5, 0.6) is 0 Å². The Balaban J connectivity index is 1.25. The molecular weight excluding hydrogens is 440 g/mol. The predicted molar refractivity (Wildman–Crippen MR) is 130 cm³/mol. The first-order valence-corrected chi connectivity index (χ1v) is 12.1. The molecule has 0 aromatic heterocycles. The van der Waals surface area contributed by atoms with E-state index in [0.717, 1.165) is 28.5 Å². The number of carbonyl (C=O) groups excluding carboxylic acids is 2. The number of nitrogens with zero attached hydrogens (tertiary/aromatic N) is 1. The molecule has 0 saturated carbocycles. The maximum atomic E-state index is 12.9. The third-order valence-corrected chi connectivity index (χ3v) is 6.91. The number of rotatable bonds is 6. The molecule has 32 heavy (non-hydrogen) atoms. The van der Waals surface area contributed by atoms with Crippen molar-refractivity contribution in [1.82, 2.24) is 10.2 Å². The van der Waals surface area contributed by atoms with E-state index in [9.17, 15) is 9.59 Å². The molecular formula is C26H25ClN2O2S. The number of piperidine rings is 1. The normalized spacial score (nSPS) is 14.2. The van der Waals surface area contributed by atoms with Crippen molar-refractivity contribution in [3.63, 3.8) is 0 Å². The predicted octanol–water partition coefficient (Wildman–Crippen LogP) is 5.67. The van der Waals surface area contributed by atoms with E-state index in [1.165, 1.54) is 5.56 Å². The molecule has 1 heterocycles. The second kappa shape index (κ2) is 10.7. The summed E-state index contributed by atoms with van der Waals surface area (Å²) in [5.41, 5.74) is 2.54. The van der Waals surface area contributed by atoms with Crippen LogP contribution in [0.2, 0.25) is 5.02 Å². The third-order valence-electron chi connectivity index (χ3n) is 5.57. The van der Waals surface area contributed by atoms with Crippen LogP contribution < -0.4 is 5.32 Å². The van der Waals surface area contributed by atoms with E-state index in [4.69, 9.17) is 11.6 Å². The summed E-state index contributed by atoms with van der Waals surface area (Å²) in [5, 5.41) is 3.82. The van der Waals surface area contributed by atoms with Crippen molar-refractivity contribution in [2.75, 3.05) is 13.1 Å². The molecule has 0 aliphatic carbocycles. The van der Waals surface area contributed by atoms with Gasteiger partial charge in [-0.1, -0.05) is 41.9 Å². The van der Waals surface area contributed by atoms with Crippen LogP contribution in [0.4, 0.5) is 0 Å². The number of halogens is 1. The van der Waals surface area contributed by atoms with Gasteiger partial charge in [-0.3, -0.25) is 9.59 Å². The lowest BCUT2D eigenvalue weighted by molar-refractivity contribution is 0.0698. The number of benzene rings is 3. The number of hydrogen-bond donors (Lipinski definition) is 1. The maximum absolute atomic E-state index is 12.9. The molecule has 6 heteroatoms. The lowest BCUT2D eigenvalue weighted by Gasteiger charge is -2.32. The van der Waals surface area contributed by atoms with Gasteiger partial charge in [0.05, 0.1) is 0 Å². The van der Waals surface area contributed by atoms with Crippen LogP contribution in [0.25, 0.3) is 0 Å². The minimum absolute atomic E-state index is 0.0507. The van der Waals surface area contributed by atoms with Crippen molar-refractivity contribution >= 4 is 35.2 Å². The molecule has 0 spiro atoms. The molecule has 3 aromatic rings. The summed E-state index contributed by atoms with van der Waals surface area (Å²) in [6, 6.07) is 25.0. The molecule has 164 valence electrons. The van der Waals surface area contributed by atoms with E-state index < -0.39 is 0 Å². The average Bonchev–Trinajstić information content (AvgIpc) is 2.84. The van der Waals surface area contributed by atoms with Crippen molar-refractivity contribution < 1.29 is 9.59 Å². The molecule has 0 unspecified atom stereocenters. The van der Waals surface area contributed by atoms with Crippen molar-refractivity contribution in [2.24, 2.45) is 0 Å². The number of carbonyl (C=O) groups is 2. The van der Waals surface area contributed by atoms with E-state index in [1.54, 1.807) is 11.8 Å². The van der Waals surface area contributed by atoms with Gasteiger partial charge in [-0.25, -0.2) is 0 Å². The van der Waals surface area contributed by atoms with Gasteiger partial charge in [0.15, 0.2) is 0 Å². The third kappa shape index (κ3) is 5.93. The van der Waals surface area contributed by atoms with Gasteiger partial charge in [-0.15, -0.1) is 11.8 Å². The van der Waals surface area contributed by atoms with E-state index in [2.05, 4.69) is 5.32 Å². The van der Waals surface area contributed by atoms with Gasteiger partial charge >= 0.3 is 0 Å². The zero-order valence-electron chi connectivity index (χ0n) is 17.7. The number of thioether (sulfide) groups is 1. The summed E-state index contributed by atoms with van der Waals surface area (Å²) in [6.45, 7) is 1.29. The highest BCUT2D eigenvalue weighted by atomic mass is 35.5. The Hall–Kier alpha value is -2.76. The Morgan fingerprint density at radius 1 is 0.875 bits per heavy atom. The van der Waals surface area contributed by atoms with Gasteiger partial charge in [0.1, 0.15) is 0 Å². The lowest BCUT2D eigenvalue weighted by atomic mass is 10.0. The monoisotopic (exact) mass is 464 g/mol. The highest BCUT2D eigenvalue weighted by molar-refractivity contribution is 7.98. The average molecular weight is 465 g/mol. The van der Waals surface area contributed by atoms with Crippen molar-refractivity contribution in [1.29, 1.82) is 0 Å². The Kier molecular flexibility index (Phi) is 7.51. The fourth-order valence-corrected chi connectivity index (χ4v) is 4.69. The van der Waals surface area contributed by atoms with E-state index in [-0.39, 0.29) is 17.9 Å². The molecule has 1 aliphatic heterocycles. The topological polar surface area (TPSA) is 49.4 Å². The molecule has 0 bridgehead atoms. The zero-order chi connectivity index (χ0) is 22.3. The minimum Gasteiger partial charge on any atom is -0.349 e. The Bertz CT molecular complexity index is 1050. The Labute approximate surface area is 198 Å². The molecule has 1 saturated heterocycles. The molecule has 4 rings (SSSR count). The number of hydrogen-bond acceptors (Lipinski definition) is 3. The second-order valence-corrected chi connectivity index (χ2v) is 9.33. The minimum atomic E-state index is -0.0533. The highest BCUT2D eigenvalue weighted by Crippen LogP contribution is 2.24. The summed E-state index contributed by atoms with van der Waals surface area (Å²) in [7, 11) is 0. The van der Waals surface area contributed by atoms with Gasteiger partial charge < -0.3 is 10.2 Å². The summed E-state index contributed by atoms with van der Waals surface area (Å²) in [6.07, 6.45) is 1.53. The first kappa shape index (κ1) is 22.4. The first-order chi connectivity index (χ1) is 15.6. The molecule has 2 amide bonds. The molecule has 1 N–H and O–H groups in total. The number of likely N-dealkylation sites (tertiary alicyclic amines) is 1. The van der Waals surface area contributed by atoms with Crippen LogP contribution in [-0.2, 0) is 5.75 Å². The van der Waals surface area contributed by atoms with Gasteiger partial charge in [0, 0.05) is 45.9 Å². The molecule has 0 radical (unpaired) electrons. The van der Waals surface area contributed by atoms with Crippen molar-refractivity contribution in [3.8, 4) is 0 Å². The van der Waals surface area contributed by atoms with Crippen LogP contribution >= 0.6 is 23.4 Å². The lowest BCUT2D eigenvalue weighted by Crippen LogP contribution is -2.46. The molecule has 3 aromatic carbocycles. The fourth-order valence-electron chi connectivity index (χ4n) is 3.71. The smallest absolute Gasteiger partial charge is 0.253 e.